The van der Waals surface area contributed by atoms with Gasteiger partial charge in [0.05, 0.1) is 24.5 Å². The number of nitrogen functional groups attached to an aromatic ring is 1. The molecule has 9 heteroatoms. The number of aromatic nitrogens is 3. The van der Waals surface area contributed by atoms with Crippen LogP contribution in [0.25, 0.3) is 11.3 Å². The van der Waals surface area contributed by atoms with Crippen molar-refractivity contribution in [2.75, 3.05) is 32.0 Å². The number of nitrogens with two attached hydrogens (primary N) is 1. The summed E-state index contributed by atoms with van der Waals surface area (Å²) in [5.74, 6) is 1.65. The van der Waals surface area contributed by atoms with Crippen LogP contribution in [0.3, 0.4) is 0 Å². The standard InChI is InChI=1S/C24H28F3N5O/c1-12(2)32-21(6-20(30-32)13-3-19(24(25,26)27)23(28)29-7-13)22-17-4-16(5-18(17)22)31-8-14-10-33-11-15(14)9-31/h3-4,6-7,12,14-16,18,22H,5,8-11H2,1-2H3,(H2,28,29)/t14?,15?,16?,18-,22-/m1/s1. The minimum atomic E-state index is -4.55. The number of hydrogen-bond acceptors (Lipinski definition) is 5. The lowest BCUT2D eigenvalue weighted by Gasteiger charge is -2.25. The number of fused-ring (bicyclic) bond motifs is 2. The fourth-order valence-electron chi connectivity index (χ4n) is 6.05. The summed E-state index contributed by atoms with van der Waals surface area (Å²) in [5, 5.41) is 4.67. The van der Waals surface area contributed by atoms with E-state index in [1.165, 1.54) is 11.8 Å². The fraction of sp³-hybridized carbons (Fsp3) is 0.583. The van der Waals surface area contributed by atoms with Gasteiger partial charge in [0.1, 0.15) is 5.82 Å². The number of nitrogens with zero attached hydrogens (tertiary/aromatic N) is 4. The summed E-state index contributed by atoms with van der Waals surface area (Å²) in [7, 11) is 0. The van der Waals surface area contributed by atoms with Gasteiger partial charge in [0.25, 0.3) is 0 Å². The van der Waals surface area contributed by atoms with Gasteiger partial charge in [0.15, 0.2) is 0 Å². The molecule has 33 heavy (non-hydrogen) atoms. The highest BCUT2D eigenvalue weighted by atomic mass is 19.4. The molecule has 6 rings (SSSR count). The average Bonchev–Trinajstić information content (AvgIpc) is 3.30. The molecule has 2 aliphatic heterocycles. The van der Waals surface area contributed by atoms with Crippen molar-refractivity contribution in [1.82, 2.24) is 19.7 Å². The number of alkyl halides is 3. The molecule has 4 heterocycles. The van der Waals surface area contributed by atoms with E-state index >= 15 is 0 Å². The van der Waals surface area contributed by atoms with Gasteiger partial charge in [-0.15, -0.1) is 0 Å². The Morgan fingerprint density at radius 1 is 1.15 bits per heavy atom. The van der Waals surface area contributed by atoms with Crippen LogP contribution in [0.15, 0.2) is 30.0 Å². The molecule has 5 atom stereocenters. The summed E-state index contributed by atoms with van der Waals surface area (Å²) in [4.78, 5) is 6.39. The molecular weight excluding hydrogens is 431 g/mol. The minimum absolute atomic E-state index is 0.105. The molecule has 1 saturated carbocycles. The number of allylic oxidation sites excluding steroid dienone is 1. The first-order valence-electron chi connectivity index (χ1n) is 11.7. The van der Waals surface area contributed by atoms with Crippen LogP contribution in [0, 0.1) is 17.8 Å². The summed E-state index contributed by atoms with van der Waals surface area (Å²) in [6, 6.07) is 3.59. The maximum absolute atomic E-state index is 13.3. The van der Waals surface area contributed by atoms with E-state index in [2.05, 4.69) is 21.1 Å². The Bertz CT molecular complexity index is 1110. The lowest BCUT2D eigenvalue weighted by atomic mass is 10.0. The van der Waals surface area contributed by atoms with Crippen molar-refractivity contribution in [1.29, 1.82) is 0 Å². The Labute approximate surface area is 190 Å². The molecule has 3 unspecified atom stereocenters. The number of hydrogen-bond donors (Lipinski definition) is 1. The molecule has 2 aliphatic carbocycles. The number of ether oxygens (including phenoxy) is 1. The maximum atomic E-state index is 13.3. The van der Waals surface area contributed by atoms with Gasteiger partial charge in [-0.3, -0.25) is 9.58 Å². The SMILES string of the molecule is CC(C)n1nc(-c2cnc(N)c(C(F)(F)F)c2)cc1[C@@H]1C2=CC(N3CC4COCC4C3)C[C@H]21. The van der Waals surface area contributed by atoms with Crippen molar-refractivity contribution in [2.45, 2.75) is 44.4 Å². The van der Waals surface area contributed by atoms with Crippen LogP contribution in [0.1, 0.15) is 43.5 Å². The number of pyridine rings is 1. The van der Waals surface area contributed by atoms with Crippen LogP contribution in [0.2, 0.25) is 0 Å². The Hall–Kier alpha value is -2.39. The Morgan fingerprint density at radius 3 is 2.48 bits per heavy atom. The quantitative estimate of drug-likeness (QED) is 0.697. The van der Waals surface area contributed by atoms with Crippen LogP contribution in [0.5, 0.6) is 0 Å². The molecule has 176 valence electrons. The van der Waals surface area contributed by atoms with Crippen molar-refractivity contribution in [3.63, 3.8) is 0 Å². The van der Waals surface area contributed by atoms with Gasteiger partial charge < -0.3 is 10.5 Å². The molecular formula is C24H28F3N5O. The molecule has 2 saturated heterocycles. The van der Waals surface area contributed by atoms with Gasteiger partial charge in [0, 0.05) is 60.4 Å². The van der Waals surface area contributed by atoms with Crippen LogP contribution in [-0.4, -0.2) is 52.0 Å². The highest BCUT2D eigenvalue weighted by Crippen LogP contribution is 2.61. The first kappa shape index (κ1) is 21.2. The van der Waals surface area contributed by atoms with Crippen molar-refractivity contribution in [3.8, 4) is 11.3 Å². The predicted molar refractivity (Wildman–Crippen MR) is 117 cm³/mol. The largest absolute Gasteiger partial charge is 0.419 e. The lowest BCUT2D eigenvalue weighted by molar-refractivity contribution is -0.137. The normalized spacial score (nSPS) is 31.2. The molecule has 6 nitrogen and oxygen atoms in total. The summed E-state index contributed by atoms with van der Waals surface area (Å²) >= 11 is 0. The molecule has 0 amide bonds. The Balaban J connectivity index is 1.26. The molecule has 3 fully saturated rings. The molecule has 0 aromatic carbocycles. The van der Waals surface area contributed by atoms with E-state index in [4.69, 9.17) is 10.5 Å². The molecule has 0 bridgehead atoms. The Kier molecular flexibility index (Phi) is 4.68. The van der Waals surface area contributed by atoms with E-state index in [0.29, 0.717) is 41.0 Å². The maximum Gasteiger partial charge on any atom is 0.419 e. The molecule has 0 radical (unpaired) electrons. The second-order valence-electron chi connectivity index (χ2n) is 10.2. The molecule has 2 N–H and O–H groups in total. The van der Waals surface area contributed by atoms with E-state index in [0.717, 1.165) is 44.5 Å². The zero-order valence-corrected chi connectivity index (χ0v) is 18.7. The van der Waals surface area contributed by atoms with Crippen LogP contribution < -0.4 is 5.73 Å². The minimum Gasteiger partial charge on any atom is -0.383 e. The summed E-state index contributed by atoms with van der Waals surface area (Å²) < 4.78 is 47.5. The third-order valence-corrected chi connectivity index (χ3v) is 7.79. The monoisotopic (exact) mass is 459 g/mol. The topological polar surface area (TPSA) is 69.2 Å². The highest BCUT2D eigenvalue weighted by molar-refractivity contribution is 5.64. The van der Waals surface area contributed by atoms with Gasteiger partial charge in [-0.05, 0) is 38.3 Å². The molecule has 2 aromatic rings. The third kappa shape index (κ3) is 3.47. The average molecular weight is 460 g/mol. The zero-order valence-electron chi connectivity index (χ0n) is 18.7. The van der Waals surface area contributed by atoms with Gasteiger partial charge in [-0.25, -0.2) is 4.98 Å². The first-order chi connectivity index (χ1) is 15.7. The summed E-state index contributed by atoms with van der Waals surface area (Å²) in [5.41, 5.74) is 7.92. The third-order valence-electron chi connectivity index (χ3n) is 7.79. The van der Waals surface area contributed by atoms with E-state index in [1.807, 2.05) is 24.6 Å². The van der Waals surface area contributed by atoms with E-state index < -0.39 is 17.6 Å². The van der Waals surface area contributed by atoms with Crippen molar-refractivity contribution < 1.29 is 17.9 Å². The van der Waals surface area contributed by atoms with Crippen molar-refractivity contribution in [3.05, 3.63) is 41.2 Å². The molecule has 2 aromatic heterocycles. The number of likely N-dealkylation sites (tertiary alicyclic amines) is 1. The van der Waals surface area contributed by atoms with Crippen molar-refractivity contribution >= 4 is 5.82 Å². The van der Waals surface area contributed by atoms with Crippen LogP contribution in [0.4, 0.5) is 19.0 Å². The Morgan fingerprint density at radius 2 is 1.88 bits per heavy atom. The molecule has 4 aliphatic rings. The van der Waals surface area contributed by atoms with E-state index in [-0.39, 0.29) is 6.04 Å². The van der Waals surface area contributed by atoms with E-state index in [1.54, 1.807) is 0 Å². The number of rotatable bonds is 4. The fourth-order valence-corrected chi connectivity index (χ4v) is 6.05. The van der Waals surface area contributed by atoms with E-state index in [9.17, 15) is 13.2 Å². The molecule has 0 spiro atoms. The highest BCUT2D eigenvalue weighted by Gasteiger charge is 2.53. The smallest absolute Gasteiger partial charge is 0.383 e. The van der Waals surface area contributed by atoms with Gasteiger partial charge >= 0.3 is 6.18 Å². The van der Waals surface area contributed by atoms with Crippen LogP contribution >= 0.6 is 0 Å². The number of anilines is 1. The zero-order chi connectivity index (χ0) is 23.1. The second-order valence-corrected chi connectivity index (χ2v) is 10.2. The second kappa shape index (κ2) is 7.30. The van der Waals surface area contributed by atoms with Gasteiger partial charge in [-0.1, -0.05) is 11.6 Å². The van der Waals surface area contributed by atoms with Gasteiger partial charge in [0.2, 0.25) is 0 Å². The summed E-state index contributed by atoms with van der Waals surface area (Å²) in [6.07, 6.45) is 0.365. The van der Waals surface area contributed by atoms with Crippen molar-refractivity contribution in [2.24, 2.45) is 17.8 Å². The lowest BCUT2D eigenvalue weighted by Crippen LogP contribution is -2.33. The van der Waals surface area contributed by atoms with Crippen LogP contribution in [-0.2, 0) is 10.9 Å². The predicted octanol–water partition coefficient (Wildman–Crippen LogP) is 4.12. The van der Waals surface area contributed by atoms with Gasteiger partial charge in [-0.2, -0.15) is 18.3 Å². The number of halogens is 3. The first-order valence-corrected chi connectivity index (χ1v) is 11.7. The summed E-state index contributed by atoms with van der Waals surface area (Å²) in [6.45, 7) is 8.12.